The Morgan fingerprint density at radius 1 is 1.42 bits per heavy atom. The molecule has 19 heavy (non-hydrogen) atoms. The first kappa shape index (κ1) is 16.0. The number of aliphatic carboxylic acids is 1. The number of carbonyl (C=O) groups excluding carboxylic acids is 1. The van der Waals surface area contributed by atoms with Gasteiger partial charge in [-0.2, -0.15) is 0 Å². The Balaban J connectivity index is 2.88. The number of amides is 1. The molecule has 0 aromatic heterocycles. The van der Waals surface area contributed by atoms with Crippen molar-refractivity contribution in [1.29, 1.82) is 0 Å². The number of carboxylic acids is 1. The van der Waals surface area contributed by atoms with Crippen molar-refractivity contribution < 1.29 is 14.7 Å². The van der Waals surface area contributed by atoms with Crippen LogP contribution in [0, 0.1) is 5.92 Å². The van der Waals surface area contributed by atoms with E-state index >= 15 is 0 Å². The third-order valence-electron chi connectivity index (χ3n) is 2.51. The molecule has 104 valence electrons. The van der Waals surface area contributed by atoms with Crippen LogP contribution in [0.15, 0.2) is 22.7 Å². The zero-order chi connectivity index (χ0) is 14.6. The van der Waals surface area contributed by atoms with E-state index in [1.807, 2.05) is 13.8 Å². The summed E-state index contributed by atoms with van der Waals surface area (Å²) in [7, 11) is 0. The maximum atomic E-state index is 12.0. The highest BCUT2D eigenvalue weighted by atomic mass is 79.9. The zero-order valence-corrected chi connectivity index (χ0v) is 13.0. The van der Waals surface area contributed by atoms with E-state index in [2.05, 4.69) is 21.2 Å². The molecule has 0 bridgehead atoms. The predicted octanol–water partition coefficient (Wildman–Crippen LogP) is 3.33. The fourth-order valence-corrected chi connectivity index (χ4v) is 2.19. The molecule has 0 saturated heterocycles. The van der Waals surface area contributed by atoms with Crippen LogP contribution < -0.4 is 5.32 Å². The number of hydrogen-bond donors (Lipinski definition) is 2. The van der Waals surface area contributed by atoms with Gasteiger partial charge in [0.2, 0.25) is 0 Å². The fraction of sp³-hybridized carbons (Fsp3) is 0.385. The highest BCUT2D eigenvalue weighted by Crippen LogP contribution is 2.26. The lowest BCUT2D eigenvalue weighted by molar-refractivity contribution is -0.139. The van der Waals surface area contributed by atoms with Crippen molar-refractivity contribution in [3.8, 4) is 0 Å². The summed E-state index contributed by atoms with van der Waals surface area (Å²) in [4.78, 5) is 23.1. The van der Waals surface area contributed by atoms with Gasteiger partial charge in [-0.05, 0) is 40.4 Å². The van der Waals surface area contributed by atoms with E-state index in [9.17, 15) is 9.59 Å². The van der Waals surface area contributed by atoms with Crippen molar-refractivity contribution in [3.05, 3.63) is 33.3 Å². The first-order valence-corrected chi connectivity index (χ1v) is 6.97. The number of halogens is 2. The summed E-state index contributed by atoms with van der Waals surface area (Å²) in [5, 5.41) is 11.8. The monoisotopic (exact) mass is 347 g/mol. The van der Waals surface area contributed by atoms with E-state index in [4.69, 9.17) is 16.7 Å². The Morgan fingerprint density at radius 2 is 2.05 bits per heavy atom. The van der Waals surface area contributed by atoms with E-state index in [-0.39, 0.29) is 16.5 Å². The van der Waals surface area contributed by atoms with Crippen LogP contribution in [0.4, 0.5) is 0 Å². The van der Waals surface area contributed by atoms with Crippen molar-refractivity contribution in [1.82, 2.24) is 5.32 Å². The largest absolute Gasteiger partial charge is 0.480 e. The highest BCUT2D eigenvalue weighted by molar-refractivity contribution is 9.10. The van der Waals surface area contributed by atoms with Crippen molar-refractivity contribution in [2.75, 3.05) is 0 Å². The number of nitrogens with one attached hydrogen (secondary N) is 1. The van der Waals surface area contributed by atoms with Gasteiger partial charge in [-0.3, -0.25) is 4.79 Å². The molecule has 0 aliphatic carbocycles. The molecule has 2 N–H and O–H groups in total. The van der Waals surface area contributed by atoms with Crippen LogP contribution in [0.3, 0.4) is 0 Å². The van der Waals surface area contributed by atoms with Gasteiger partial charge in [0.15, 0.2) is 0 Å². The number of benzene rings is 1. The molecule has 0 unspecified atom stereocenters. The highest BCUT2D eigenvalue weighted by Gasteiger charge is 2.23. The third-order valence-corrected chi connectivity index (χ3v) is 3.80. The molecule has 0 aliphatic rings. The molecule has 0 radical (unpaired) electrons. The van der Waals surface area contributed by atoms with E-state index in [0.29, 0.717) is 10.9 Å². The molecule has 1 rings (SSSR count). The Hall–Kier alpha value is -1.07. The Kier molecular flexibility index (Phi) is 5.82. The van der Waals surface area contributed by atoms with Gasteiger partial charge in [-0.25, -0.2) is 4.79 Å². The minimum absolute atomic E-state index is 0.166. The van der Waals surface area contributed by atoms with Gasteiger partial charge in [0.1, 0.15) is 6.04 Å². The lowest BCUT2D eigenvalue weighted by atomic mass is 10.0. The van der Waals surface area contributed by atoms with Crippen LogP contribution in [0.1, 0.15) is 30.6 Å². The van der Waals surface area contributed by atoms with Crippen molar-refractivity contribution in [2.24, 2.45) is 5.92 Å². The lowest BCUT2D eigenvalue weighted by Crippen LogP contribution is -2.41. The maximum absolute atomic E-state index is 12.0. The third kappa shape index (κ3) is 4.51. The molecule has 0 heterocycles. The lowest BCUT2D eigenvalue weighted by Gasteiger charge is -2.17. The predicted molar refractivity (Wildman–Crippen MR) is 77.5 cm³/mol. The van der Waals surface area contributed by atoms with Crippen LogP contribution in [0.2, 0.25) is 5.02 Å². The fourth-order valence-electron chi connectivity index (χ4n) is 1.61. The summed E-state index contributed by atoms with van der Waals surface area (Å²) >= 11 is 9.22. The molecule has 1 aromatic carbocycles. The van der Waals surface area contributed by atoms with Crippen LogP contribution >= 0.6 is 27.5 Å². The molecule has 0 spiro atoms. The van der Waals surface area contributed by atoms with Gasteiger partial charge in [-0.1, -0.05) is 31.5 Å². The summed E-state index contributed by atoms with van der Waals surface area (Å²) in [6.07, 6.45) is 0.368. The minimum atomic E-state index is -1.05. The molecule has 1 atom stereocenters. The van der Waals surface area contributed by atoms with Gasteiger partial charge in [-0.15, -0.1) is 0 Å². The normalized spacial score (nSPS) is 12.3. The molecule has 1 amide bonds. The van der Waals surface area contributed by atoms with E-state index < -0.39 is 17.9 Å². The van der Waals surface area contributed by atoms with Crippen LogP contribution in [0.5, 0.6) is 0 Å². The number of carbonyl (C=O) groups is 2. The van der Waals surface area contributed by atoms with Crippen molar-refractivity contribution in [3.63, 3.8) is 0 Å². The molecular formula is C13H15BrClNO3. The Morgan fingerprint density at radius 3 is 2.58 bits per heavy atom. The van der Waals surface area contributed by atoms with Crippen LogP contribution in [0.25, 0.3) is 0 Å². The van der Waals surface area contributed by atoms with E-state index in [0.717, 1.165) is 0 Å². The maximum Gasteiger partial charge on any atom is 0.326 e. The quantitative estimate of drug-likeness (QED) is 0.857. The van der Waals surface area contributed by atoms with Crippen molar-refractivity contribution in [2.45, 2.75) is 26.3 Å². The van der Waals surface area contributed by atoms with Crippen LogP contribution in [-0.2, 0) is 4.79 Å². The standard InChI is InChI=1S/C13H15BrClNO3/c1-7(2)6-10(13(18)19)16-12(17)8-4-3-5-9(14)11(8)15/h3-5,7,10H,6H2,1-2H3,(H,16,17)(H,18,19)/t10-/m1/s1. The average Bonchev–Trinajstić information content (AvgIpc) is 2.31. The smallest absolute Gasteiger partial charge is 0.326 e. The first-order chi connectivity index (χ1) is 8.82. The van der Waals surface area contributed by atoms with Crippen molar-refractivity contribution >= 4 is 39.4 Å². The zero-order valence-electron chi connectivity index (χ0n) is 10.6. The van der Waals surface area contributed by atoms with Crippen LogP contribution in [-0.4, -0.2) is 23.0 Å². The number of rotatable bonds is 5. The summed E-state index contributed by atoms with van der Waals surface area (Å²) in [6, 6.07) is 4.02. The second-order valence-electron chi connectivity index (χ2n) is 4.60. The second kappa shape index (κ2) is 6.91. The molecular weight excluding hydrogens is 334 g/mol. The molecule has 0 aliphatic heterocycles. The van der Waals surface area contributed by atoms with E-state index in [1.165, 1.54) is 0 Å². The molecule has 6 heteroatoms. The number of hydrogen-bond acceptors (Lipinski definition) is 2. The molecule has 1 aromatic rings. The molecule has 0 fully saturated rings. The molecule has 4 nitrogen and oxygen atoms in total. The summed E-state index contributed by atoms with van der Waals surface area (Å²) in [5.41, 5.74) is 0.256. The first-order valence-electron chi connectivity index (χ1n) is 5.80. The Labute approximate surface area is 125 Å². The topological polar surface area (TPSA) is 66.4 Å². The van der Waals surface area contributed by atoms with Gasteiger partial charge < -0.3 is 10.4 Å². The second-order valence-corrected chi connectivity index (χ2v) is 5.83. The summed E-state index contributed by atoms with van der Waals surface area (Å²) < 4.78 is 0.595. The summed E-state index contributed by atoms with van der Waals surface area (Å²) in [6.45, 7) is 3.79. The van der Waals surface area contributed by atoms with Gasteiger partial charge in [0.25, 0.3) is 5.91 Å². The average molecular weight is 349 g/mol. The van der Waals surface area contributed by atoms with E-state index in [1.54, 1.807) is 18.2 Å². The molecule has 0 saturated carbocycles. The Bertz CT molecular complexity index is 491. The van der Waals surface area contributed by atoms with Gasteiger partial charge in [0, 0.05) is 4.47 Å². The number of carboxylic acid groups (broad SMARTS) is 1. The minimum Gasteiger partial charge on any atom is -0.480 e. The summed E-state index contributed by atoms with van der Waals surface area (Å²) in [5.74, 6) is -1.37. The van der Waals surface area contributed by atoms with Gasteiger partial charge >= 0.3 is 5.97 Å². The van der Waals surface area contributed by atoms with Gasteiger partial charge in [0.05, 0.1) is 10.6 Å². The SMILES string of the molecule is CC(C)C[C@@H](NC(=O)c1cccc(Br)c1Cl)C(=O)O.